The van der Waals surface area contributed by atoms with Crippen molar-refractivity contribution in [1.82, 2.24) is 26.6 Å². The van der Waals surface area contributed by atoms with E-state index in [1.165, 1.54) is 18.9 Å². The second kappa shape index (κ2) is 24.0. The van der Waals surface area contributed by atoms with E-state index in [1.807, 2.05) is 20.1 Å². The molecule has 280 valence electrons. The Kier molecular flexibility index (Phi) is 21.0. The topological polar surface area (TPSA) is 267 Å². The van der Waals surface area contributed by atoms with Gasteiger partial charge in [-0.05, 0) is 62.1 Å². The summed E-state index contributed by atoms with van der Waals surface area (Å²) in [5.41, 5.74) is 17.6. The van der Waals surface area contributed by atoms with E-state index < -0.39 is 78.2 Å². The molecule has 0 radical (unpaired) electrons. The van der Waals surface area contributed by atoms with Crippen molar-refractivity contribution in [3.8, 4) is 0 Å². The number of nitrogens with one attached hydrogen (secondary N) is 5. The molecular formula is C33H54N8O8S. The molecule has 16 nitrogen and oxygen atoms in total. The summed E-state index contributed by atoms with van der Waals surface area (Å²) >= 11 is 1.49. The van der Waals surface area contributed by atoms with Gasteiger partial charge in [0.25, 0.3) is 0 Å². The summed E-state index contributed by atoms with van der Waals surface area (Å²) in [6.07, 6.45) is 2.87. The molecule has 0 fully saturated rings. The van der Waals surface area contributed by atoms with Crippen LogP contribution in [0, 0.1) is 5.92 Å². The van der Waals surface area contributed by atoms with E-state index in [4.69, 9.17) is 17.2 Å². The molecule has 5 atom stereocenters. The highest BCUT2D eigenvalue weighted by Crippen LogP contribution is 2.09. The van der Waals surface area contributed by atoms with Crippen molar-refractivity contribution >= 4 is 53.2 Å². The van der Waals surface area contributed by atoms with Crippen LogP contribution in [0.3, 0.4) is 0 Å². The van der Waals surface area contributed by atoms with Gasteiger partial charge in [-0.1, -0.05) is 44.2 Å². The van der Waals surface area contributed by atoms with Crippen LogP contribution in [0.2, 0.25) is 0 Å². The summed E-state index contributed by atoms with van der Waals surface area (Å²) in [6, 6.07) is 3.48. The molecule has 1 aromatic carbocycles. The van der Waals surface area contributed by atoms with Gasteiger partial charge in [-0.15, -0.1) is 0 Å². The van der Waals surface area contributed by atoms with E-state index in [0.717, 1.165) is 0 Å². The lowest BCUT2D eigenvalue weighted by molar-refractivity contribution is -0.141. The molecule has 17 heteroatoms. The van der Waals surface area contributed by atoms with Crippen LogP contribution in [0.15, 0.2) is 30.3 Å². The second-order valence-corrected chi connectivity index (χ2v) is 13.2. The molecule has 0 saturated carbocycles. The fourth-order valence-electron chi connectivity index (χ4n) is 4.74. The Bertz CT molecular complexity index is 1270. The van der Waals surface area contributed by atoms with E-state index in [0.29, 0.717) is 30.7 Å². The van der Waals surface area contributed by atoms with Crippen LogP contribution in [0.25, 0.3) is 0 Å². The third-order valence-electron chi connectivity index (χ3n) is 7.52. The van der Waals surface area contributed by atoms with Gasteiger partial charge in [0.2, 0.25) is 35.4 Å². The van der Waals surface area contributed by atoms with Crippen molar-refractivity contribution in [1.29, 1.82) is 0 Å². The number of methoxy groups -OCH3 is 1. The number of hydrogen-bond acceptors (Lipinski definition) is 11. The minimum absolute atomic E-state index is 0.00726. The molecule has 0 saturated heterocycles. The molecule has 50 heavy (non-hydrogen) atoms. The van der Waals surface area contributed by atoms with Crippen molar-refractivity contribution in [3.05, 3.63) is 35.9 Å². The third-order valence-corrected chi connectivity index (χ3v) is 8.17. The monoisotopic (exact) mass is 722 g/mol. The van der Waals surface area contributed by atoms with Gasteiger partial charge in [-0.3, -0.25) is 33.6 Å². The number of carbonyl (C=O) groups excluding carboxylic acids is 7. The van der Waals surface area contributed by atoms with Crippen LogP contribution < -0.4 is 43.8 Å². The maximum absolute atomic E-state index is 13.5. The highest BCUT2D eigenvalue weighted by molar-refractivity contribution is 7.98. The minimum atomic E-state index is -1.24. The van der Waals surface area contributed by atoms with Crippen molar-refractivity contribution in [3.63, 3.8) is 0 Å². The van der Waals surface area contributed by atoms with Crippen LogP contribution in [0.1, 0.15) is 57.9 Å². The molecule has 0 bridgehead atoms. The Balaban J connectivity index is 3.11. The fourth-order valence-corrected chi connectivity index (χ4v) is 5.22. The lowest BCUT2D eigenvalue weighted by atomic mass is 10.0. The van der Waals surface area contributed by atoms with Crippen LogP contribution in [0.4, 0.5) is 0 Å². The van der Waals surface area contributed by atoms with E-state index in [-0.39, 0.29) is 38.0 Å². The van der Waals surface area contributed by atoms with Crippen LogP contribution in [0.5, 0.6) is 0 Å². The maximum atomic E-state index is 13.5. The molecule has 0 aliphatic heterocycles. The van der Waals surface area contributed by atoms with Crippen molar-refractivity contribution in [2.24, 2.45) is 23.1 Å². The molecule has 1 rings (SSSR count). The van der Waals surface area contributed by atoms with Crippen LogP contribution in [-0.4, -0.2) is 104 Å². The predicted octanol–water partition coefficient (Wildman–Crippen LogP) is -1.41. The molecule has 0 spiro atoms. The lowest BCUT2D eigenvalue weighted by Crippen LogP contribution is -2.57. The Morgan fingerprint density at radius 2 is 1.42 bits per heavy atom. The zero-order chi connectivity index (χ0) is 37.6. The van der Waals surface area contributed by atoms with Crippen molar-refractivity contribution < 1.29 is 38.3 Å². The SMILES string of the molecule is COC(=O)CC[C@H](NC(=O)[C@@H](N)CCCN)C(=O)N[C@@H](Cc1ccccc1)C(=O)NCC(=O)N[C@@H](CC(C)C)C(=O)N[C@@H](CCSC)C(N)=O. The average Bonchev–Trinajstić information content (AvgIpc) is 3.08. The smallest absolute Gasteiger partial charge is 0.305 e. The summed E-state index contributed by atoms with van der Waals surface area (Å²) in [5.74, 6) is -4.09. The van der Waals surface area contributed by atoms with Gasteiger partial charge in [-0.2, -0.15) is 11.8 Å². The molecule has 0 unspecified atom stereocenters. The molecule has 0 aliphatic carbocycles. The number of nitrogens with two attached hydrogens (primary N) is 3. The summed E-state index contributed by atoms with van der Waals surface area (Å²) in [7, 11) is 1.19. The molecule has 11 N–H and O–H groups in total. The largest absolute Gasteiger partial charge is 0.469 e. The number of hydrogen-bond donors (Lipinski definition) is 8. The number of rotatable bonds is 24. The summed E-state index contributed by atoms with van der Waals surface area (Å²) < 4.78 is 4.68. The minimum Gasteiger partial charge on any atom is -0.469 e. The number of amides is 6. The predicted molar refractivity (Wildman–Crippen MR) is 190 cm³/mol. The van der Waals surface area contributed by atoms with E-state index >= 15 is 0 Å². The summed E-state index contributed by atoms with van der Waals surface area (Å²) in [5, 5.41) is 12.9. The number of primary amides is 1. The van der Waals surface area contributed by atoms with Gasteiger partial charge < -0.3 is 48.5 Å². The zero-order valence-electron chi connectivity index (χ0n) is 29.3. The third kappa shape index (κ3) is 17.4. The van der Waals surface area contributed by atoms with E-state index in [1.54, 1.807) is 30.3 Å². The average molecular weight is 723 g/mol. The fraction of sp³-hybridized carbons (Fsp3) is 0.606. The quantitative estimate of drug-likeness (QED) is 0.0575. The first kappa shape index (κ1) is 43.8. The Morgan fingerprint density at radius 3 is 2.00 bits per heavy atom. The number of carbonyl (C=O) groups is 7. The Labute approximate surface area is 297 Å². The maximum Gasteiger partial charge on any atom is 0.305 e. The Hall–Kier alpha value is -4.22. The number of benzene rings is 1. The van der Waals surface area contributed by atoms with Crippen LogP contribution >= 0.6 is 11.8 Å². The highest BCUT2D eigenvalue weighted by atomic mass is 32.2. The van der Waals surface area contributed by atoms with Gasteiger partial charge in [0.1, 0.15) is 24.2 Å². The standard InChI is InChI=1S/C33H54N8O8S/c1-20(2)17-25(33(48)39-23(29(36)44)14-16-50-4)38-27(42)19-37-31(46)26(18-21-9-6-5-7-10-21)41-32(47)24(12-13-28(43)49-3)40-30(45)22(35)11-8-15-34/h5-7,9-10,20,22-26H,8,11-19,34-35H2,1-4H3,(H2,36,44)(H,37,46)(H,38,42)(H,39,48)(H,40,45)(H,41,47)/t22-,23-,24-,25-,26-/m0/s1. The van der Waals surface area contributed by atoms with Gasteiger partial charge in [0.05, 0.1) is 19.7 Å². The van der Waals surface area contributed by atoms with Gasteiger partial charge in [-0.25, -0.2) is 0 Å². The van der Waals surface area contributed by atoms with E-state index in [9.17, 15) is 33.6 Å². The number of esters is 1. The van der Waals surface area contributed by atoms with Gasteiger partial charge in [0, 0.05) is 12.8 Å². The van der Waals surface area contributed by atoms with Crippen molar-refractivity contribution in [2.45, 2.75) is 89.0 Å². The molecule has 1 aromatic rings. The van der Waals surface area contributed by atoms with E-state index in [2.05, 4.69) is 31.3 Å². The Morgan fingerprint density at radius 1 is 0.800 bits per heavy atom. The molecule has 0 aromatic heterocycles. The van der Waals surface area contributed by atoms with Gasteiger partial charge >= 0.3 is 5.97 Å². The first-order valence-electron chi connectivity index (χ1n) is 16.5. The summed E-state index contributed by atoms with van der Waals surface area (Å²) in [4.78, 5) is 89.5. The molecule has 0 aliphatic rings. The number of ether oxygens (including phenoxy) is 1. The molecular weight excluding hydrogens is 668 g/mol. The highest BCUT2D eigenvalue weighted by Gasteiger charge is 2.30. The van der Waals surface area contributed by atoms with Crippen LogP contribution in [-0.2, 0) is 44.7 Å². The normalized spacial score (nSPS) is 13.9. The first-order valence-corrected chi connectivity index (χ1v) is 17.9. The van der Waals surface area contributed by atoms with Gasteiger partial charge in [0.15, 0.2) is 0 Å². The van der Waals surface area contributed by atoms with Crippen molar-refractivity contribution in [2.75, 3.05) is 32.2 Å². The first-order chi connectivity index (χ1) is 23.7. The number of thioether (sulfide) groups is 1. The summed E-state index contributed by atoms with van der Waals surface area (Å²) in [6.45, 7) is 3.51. The lowest BCUT2D eigenvalue weighted by Gasteiger charge is -2.25. The molecule has 0 heterocycles. The second-order valence-electron chi connectivity index (χ2n) is 12.2. The zero-order valence-corrected chi connectivity index (χ0v) is 30.1. The molecule has 6 amide bonds.